The van der Waals surface area contributed by atoms with Crippen molar-refractivity contribution < 1.29 is 4.79 Å². The first kappa shape index (κ1) is 15.7. The van der Waals surface area contributed by atoms with Crippen molar-refractivity contribution in [1.29, 1.82) is 0 Å². The van der Waals surface area contributed by atoms with Gasteiger partial charge in [0.25, 0.3) is 5.91 Å². The van der Waals surface area contributed by atoms with Crippen molar-refractivity contribution in [3.8, 4) is 0 Å². The molecule has 1 fully saturated rings. The van der Waals surface area contributed by atoms with Crippen LogP contribution in [0.4, 0.5) is 0 Å². The van der Waals surface area contributed by atoms with Crippen molar-refractivity contribution in [2.75, 3.05) is 19.6 Å². The summed E-state index contributed by atoms with van der Waals surface area (Å²) in [5.41, 5.74) is 3.25. The number of aromatic nitrogens is 2. The molecular weight excluding hydrogens is 320 g/mol. The van der Waals surface area contributed by atoms with E-state index in [-0.39, 0.29) is 5.91 Å². The minimum atomic E-state index is 0.162. The number of carbonyl (C=O) groups is 1. The third-order valence-electron chi connectivity index (χ3n) is 4.95. The molecule has 6 heteroatoms. The van der Waals surface area contributed by atoms with Crippen LogP contribution in [0.5, 0.6) is 0 Å². The number of amides is 1. The van der Waals surface area contributed by atoms with E-state index in [9.17, 15) is 4.79 Å². The zero-order valence-corrected chi connectivity index (χ0v) is 14.7. The first-order chi connectivity index (χ1) is 11.7. The summed E-state index contributed by atoms with van der Waals surface area (Å²) in [5, 5.41) is 5.31. The lowest BCUT2D eigenvalue weighted by Crippen LogP contribution is -2.38. The maximum Gasteiger partial charge on any atom is 0.254 e. The molecule has 1 saturated heterocycles. The molecule has 0 atom stereocenters. The summed E-state index contributed by atoms with van der Waals surface area (Å²) in [7, 11) is 0. The molecule has 2 aliphatic rings. The van der Waals surface area contributed by atoms with Gasteiger partial charge in [-0.25, -0.2) is 9.97 Å². The second kappa shape index (κ2) is 6.61. The van der Waals surface area contributed by atoms with Crippen molar-refractivity contribution in [3.05, 3.63) is 45.2 Å². The molecule has 0 radical (unpaired) electrons. The lowest BCUT2D eigenvalue weighted by Gasteiger charge is -2.31. The number of hydrogen-bond donors (Lipinski definition) is 1. The topological polar surface area (TPSA) is 58.1 Å². The van der Waals surface area contributed by atoms with Gasteiger partial charge in [0, 0.05) is 66.2 Å². The van der Waals surface area contributed by atoms with Crippen molar-refractivity contribution in [1.82, 2.24) is 20.2 Å². The van der Waals surface area contributed by atoms with E-state index >= 15 is 0 Å². The Hall–Kier alpha value is -1.79. The maximum atomic E-state index is 12.5. The molecule has 0 bridgehead atoms. The minimum absolute atomic E-state index is 0.162. The van der Waals surface area contributed by atoms with Crippen molar-refractivity contribution in [2.24, 2.45) is 0 Å². The van der Waals surface area contributed by atoms with Gasteiger partial charge in [-0.15, -0.1) is 11.3 Å². The first-order valence-electron chi connectivity index (χ1n) is 8.60. The molecule has 24 heavy (non-hydrogen) atoms. The second-order valence-corrected chi connectivity index (χ2v) is 7.75. The SMILES string of the molecule is Cc1cc(C(=O)N2CCC(c3ncc4c(n3)CCNC4)CC2)cs1. The van der Waals surface area contributed by atoms with Crippen LogP contribution >= 0.6 is 11.3 Å². The highest BCUT2D eigenvalue weighted by molar-refractivity contribution is 7.10. The van der Waals surface area contributed by atoms with Crippen LogP contribution in [0.25, 0.3) is 0 Å². The third-order valence-corrected chi connectivity index (χ3v) is 5.81. The Bertz CT molecular complexity index is 749. The molecular formula is C18H22N4OS. The Kier molecular flexibility index (Phi) is 4.33. The molecule has 2 aliphatic heterocycles. The Labute approximate surface area is 146 Å². The third kappa shape index (κ3) is 3.08. The number of rotatable bonds is 2. The highest BCUT2D eigenvalue weighted by atomic mass is 32.1. The number of likely N-dealkylation sites (tertiary alicyclic amines) is 1. The quantitative estimate of drug-likeness (QED) is 0.911. The van der Waals surface area contributed by atoms with Gasteiger partial charge in [-0.05, 0) is 25.8 Å². The fourth-order valence-electron chi connectivity index (χ4n) is 3.53. The van der Waals surface area contributed by atoms with Crippen LogP contribution in [-0.2, 0) is 13.0 Å². The molecule has 0 aromatic carbocycles. The number of nitrogens with zero attached hydrogens (tertiary/aromatic N) is 3. The molecule has 126 valence electrons. The van der Waals surface area contributed by atoms with Gasteiger partial charge in [-0.2, -0.15) is 0 Å². The van der Waals surface area contributed by atoms with Crippen molar-refractivity contribution in [3.63, 3.8) is 0 Å². The summed E-state index contributed by atoms with van der Waals surface area (Å²) < 4.78 is 0. The van der Waals surface area contributed by atoms with Gasteiger partial charge in [0.15, 0.2) is 0 Å². The highest BCUT2D eigenvalue weighted by Gasteiger charge is 2.27. The predicted molar refractivity (Wildman–Crippen MR) is 94.4 cm³/mol. The Morgan fingerprint density at radius 3 is 2.96 bits per heavy atom. The van der Waals surface area contributed by atoms with Crippen LogP contribution < -0.4 is 5.32 Å². The maximum absolute atomic E-state index is 12.5. The molecule has 2 aromatic rings. The van der Waals surface area contributed by atoms with E-state index in [4.69, 9.17) is 4.98 Å². The van der Waals surface area contributed by atoms with E-state index in [1.807, 2.05) is 29.5 Å². The molecule has 4 heterocycles. The summed E-state index contributed by atoms with van der Waals surface area (Å²) >= 11 is 1.63. The van der Waals surface area contributed by atoms with E-state index in [1.54, 1.807) is 11.3 Å². The number of piperidine rings is 1. The van der Waals surface area contributed by atoms with E-state index in [0.29, 0.717) is 5.92 Å². The van der Waals surface area contributed by atoms with Crippen LogP contribution in [0.15, 0.2) is 17.6 Å². The Balaban J connectivity index is 1.42. The summed E-state index contributed by atoms with van der Waals surface area (Å²) in [6, 6.07) is 1.99. The summed E-state index contributed by atoms with van der Waals surface area (Å²) in [5.74, 6) is 1.50. The van der Waals surface area contributed by atoms with Gasteiger partial charge in [-0.3, -0.25) is 4.79 Å². The fraction of sp³-hybridized carbons (Fsp3) is 0.500. The zero-order valence-electron chi connectivity index (χ0n) is 13.9. The molecule has 1 N–H and O–H groups in total. The van der Waals surface area contributed by atoms with Crippen LogP contribution in [0.3, 0.4) is 0 Å². The monoisotopic (exact) mass is 342 g/mol. The van der Waals surface area contributed by atoms with Gasteiger partial charge >= 0.3 is 0 Å². The molecule has 0 aliphatic carbocycles. The van der Waals surface area contributed by atoms with E-state index in [2.05, 4.69) is 10.3 Å². The van der Waals surface area contributed by atoms with E-state index in [0.717, 1.165) is 56.8 Å². The zero-order chi connectivity index (χ0) is 16.5. The van der Waals surface area contributed by atoms with Gasteiger partial charge in [0.05, 0.1) is 5.56 Å². The summed E-state index contributed by atoms with van der Waals surface area (Å²) in [6.07, 6.45) is 4.87. The number of nitrogens with one attached hydrogen (secondary N) is 1. The largest absolute Gasteiger partial charge is 0.339 e. The van der Waals surface area contributed by atoms with Gasteiger partial charge < -0.3 is 10.2 Å². The highest BCUT2D eigenvalue weighted by Crippen LogP contribution is 2.28. The van der Waals surface area contributed by atoms with Crippen molar-refractivity contribution >= 4 is 17.2 Å². The average molecular weight is 342 g/mol. The molecule has 0 spiro atoms. The number of fused-ring (bicyclic) bond motifs is 1. The number of carbonyl (C=O) groups excluding carboxylic acids is 1. The summed E-state index contributed by atoms with van der Waals surface area (Å²) in [4.78, 5) is 25.1. The van der Waals surface area contributed by atoms with Crippen LogP contribution in [-0.4, -0.2) is 40.4 Å². The van der Waals surface area contributed by atoms with Crippen molar-refractivity contribution in [2.45, 2.75) is 38.6 Å². The van der Waals surface area contributed by atoms with Crippen LogP contribution in [0.1, 0.15) is 51.1 Å². The van der Waals surface area contributed by atoms with Gasteiger partial charge in [0.1, 0.15) is 5.82 Å². The smallest absolute Gasteiger partial charge is 0.254 e. The Morgan fingerprint density at radius 2 is 2.21 bits per heavy atom. The first-order valence-corrected chi connectivity index (χ1v) is 9.48. The molecule has 1 amide bonds. The molecule has 5 nitrogen and oxygen atoms in total. The van der Waals surface area contributed by atoms with E-state index in [1.165, 1.54) is 16.1 Å². The van der Waals surface area contributed by atoms with Crippen LogP contribution in [0, 0.1) is 6.92 Å². The van der Waals surface area contributed by atoms with Gasteiger partial charge in [-0.1, -0.05) is 0 Å². The van der Waals surface area contributed by atoms with Crippen LogP contribution in [0.2, 0.25) is 0 Å². The summed E-state index contributed by atoms with van der Waals surface area (Å²) in [6.45, 7) is 5.50. The van der Waals surface area contributed by atoms with Gasteiger partial charge in [0.2, 0.25) is 0 Å². The number of aryl methyl sites for hydroxylation is 1. The molecule has 4 rings (SSSR count). The lowest BCUT2D eigenvalue weighted by molar-refractivity contribution is 0.0711. The van der Waals surface area contributed by atoms with E-state index < -0.39 is 0 Å². The fourth-order valence-corrected chi connectivity index (χ4v) is 4.20. The lowest BCUT2D eigenvalue weighted by atomic mass is 9.95. The second-order valence-electron chi connectivity index (χ2n) is 6.64. The number of thiophene rings is 1. The predicted octanol–water partition coefficient (Wildman–Crippen LogP) is 2.51. The minimum Gasteiger partial charge on any atom is -0.339 e. The molecule has 0 unspecified atom stereocenters. The molecule has 0 saturated carbocycles. The standard InChI is InChI=1S/C18H22N4OS/c1-12-8-14(11-24-12)18(23)22-6-3-13(4-7-22)17-20-10-15-9-19-5-2-16(15)21-17/h8,10-11,13,19H,2-7,9H2,1H3. The average Bonchev–Trinajstić information content (AvgIpc) is 3.07. The molecule has 2 aromatic heterocycles. The Morgan fingerprint density at radius 1 is 1.38 bits per heavy atom. The normalized spacial score (nSPS) is 18.5. The number of hydrogen-bond acceptors (Lipinski definition) is 5.